The number of nitrogens with one attached hydrogen (secondary N) is 1. The first kappa shape index (κ1) is 15.2. The van der Waals surface area contributed by atoms with Crippen molar-refractivity contribution in [3.8, 4) is 11.3 Å². The van der Waals surface area contributed by atoms with Gasteiger partial charge in [0.05, 0.1) is 10.7 Å². The van der Waals surface area contributed by atoms with Crippen molar-refractivity contribution in [2.24, 2.45) is 0 Å². The predicted molar refractivity (Wildman–Crippen MR) is 87.6 cm³/mol. The van der Waals surface area contributed by atoms with Gasteiger partial charge in [0.1, 0.15) is 5.76 Å². The molecule has 0 fully saturated rings. The van der Waals surface area contributed by atoms with Gasteiger partial charge in [0, 0.05) is 35.5 Å². The summed E-state index contributed by atoms with van der Waals surface area (Å²) in [5.74, 6) is 1.19. The van der Waals surface area contributed by atoms with Crippen LogP contribution in [0.4, 0.5) is 0 Å². The second kappa shape index (κ2) is 5.85. The highest BCUT2D eigenvalue weighted by Gasteiger charge is 2.29. The summed E-state index contributed by atoms with van der Waals surface area (Å²) in [6.45, 7) is 5.39. The molecule has 3 rings (SSSR count). The number of nitrogens with zero attached hydrogens (tertiary/aromatic N) is 2. The van der Waals surface area contributed by atoms with E-state index >= 15 is 0 Å². The number of rotatable bonds is 4. The van der Waals surface area contributed by atoms with Crippen LogP contribution in [0.15, 0.2) is 4.42 Å². The number of aryl methyl sites for hydroxylation is 3. The first-order chi connectivity index (χ1) is 10.5. The largest absolute Gasteiger partial charge is 0.455 e. The average molecular weight is 319 g/mol. The lowest BCUT2D eigenvalue weighted by atomic mass is 9.97. The molecule has 0 saturated heterocycles. The predicted octanol–water partition coefficient (Wildman–Crippen LogP) is 2.41. The van der Waals surface area contributed by atoms with E-state index in [9.17, 15) is 4.79 Å². The molecule has 0 radical (unpaired) electrons. The Hall–Kier alpha value is -1.66. The van der Waals surface area contributed by atoms with Crippen LogP contribution in [0.25, 0.3) is 11.3 Å². The summed E-state index contributed by atoms with van der Waals surface area (Å²) >= 11 is 1.74. The molecule has 2 heterocycles. The van der Waals surface area contributed by atoms with Crippen LogP contribution in [0, 0.1) is 13.8 Å². The van der Waals surface area contributed by atoms with Gasteiger partial charge in [-0.25, -0.2) is 4.98 Å². The van der Waals surface area contributed by atoms with Crippen molar-refractivity contribution in [1.29, 1.82) is 0 Å². The first-order valence-electron chi connectivity index (χ1n) is 7.49. The van der Waals surface area contributed by atoms with Crippen LogP contribution in [-0.4, -0.2) is 43.0 Å². The molecule has 1 aliphatic carbocycles. The molecular weight excluding hydrogens is 298 g/mol. The standard InChI is InChI=1S/C16H21N3O2S/c1-9-13-11(5-6-12-14(13)18-10(2)22-12)21-15(9)16(20)17-7-8-19(3)4/h5-8H2,1-4H3,(H,17,20). The van der Waals surface area contributed by atoms with Gasteiger partial charge in [-0.2, -0.15) is 0 Å². The molecule has 2 aromatic rings. The third kappa shape index (κ3) is 2.68. The minimum Gasteiger partial charge on any atom is -0.455 e. The van der Waals surface area contributed by atoms with Crippen LogP contribution in [0.1, 0.15) is 31.8 Å². The number of furan rings is 1. The second-order valence-electron chi connectivity index (χ2n) is 5.92. The molecule has 0 aromatic carbocycles. The third-order valence-electron chi connectivity index (χ3n) is 3.89. The molecule has 2 aromatic heterocycles. The van der Waals surface area contributed by atoms with Crippen LogP contribution in [0.5, 0.6) is 0 Å². The molecule has 0 bridgehead atoms. The van der Waals surface area contributed by atoms with Gasteiger partial charge in [-0.15, -0.1) is 11.3 Å². The average Bonchev–Trinajstić information content (AvgIpc) is 2.97. The van der Waals surface area contributed by atoms with E-state index in [1.807, 2.05) is 32.8 Å². The fraction of sp³-hybridized carbons (Fsp3) is 0.500. The molecule has 0 atom stereocenters. The lowest BCUT2D eigenvalue weighted by molar-refractivity contribution is 0.0920. The molecule has 1 aliphatic rings. The Balaban J connectivity index is 1.87. The van der Waals surface area contributed by atoms with Gasteiger partial charge in [-0.1, -0.05) is 0 Å². The summed E-state index contributed by atoms with van der Waals surface area (Å²) in [6, 6.07) is 0. The maximum Gasteiger partial charge on any atom is 0.287 e. The normalized spacial score (nSPS) is 13.1. The van der Waals surface area contributed by atoms with Crippen molar-refractivity contribution in [1.82, 2.24) is 15.2 Å². The molecule has 1 N–H and O–H groups in total. The van der Waals surface area contributed by atoms with E-state index in [1.54, 1.807) is 11.3 Å². The van der Waals surface area contributed by atoms with Gasteiger partial charge in [-0.05, 0) is 34.4 Å². The van der Waals surface area contributed by atoms with E-state index in [2.05, 4.69) is 10.3 Å². The molecule has 6 heteroatoms. The van der Waals surface area contributed by atoms with Gasteiger partial charge in [0.2, 0.25) is 0 Å². The summed E-state index contributed by atoms with van der Waals surface area (Å²) in [5.41, 5.74) is 2.95. The maximum atomic E-state index is 12.3. The van der Waals surface area contributed by atoms with Crippen molar-refractivity contribution in [3.05, 3.63) is 27.0 Å². The fourth-order valence-electron chi connectivity index (χ4n) is 2.81. The van der Waals surface area contributed by atoms with Crippen molar-refractivity contribution < 1.29 is 9.21 Å². The van der Waals surface area contributed by atoms with Crippen LogP contribution in [-0.2, 0) is 12.8 Å². The van der Waals surface area contributed by atoms with E-state index in [4.69, 9.17) is 4.42 Å². The molecule has 0 aliphatic heterocycles. The Morgan fingerprint density at radius 1 is 1.36 bits per heavy atom. The highest BCUT2D eigenvalue weighted by molar-refractivity contribution is 7.12. The van der Waals surface area contributed by atoms with E-state index in [1.165, 1.54) is 4.88 Å². The van der Waals surface area contributed by atoms with Crippen LogP contribution >= 0.6 is 11.3 Å². The van der Waals surface area contributed by atoms with Crippen LogP contribution < -0.4 is 5.32 Å². The van der Waals surface area contributed by atoms with Crippen molar-refractivity contribution in [2.45, 2.75) is 26.7 Å². The zero-order valence-electron chi connectivity index (χ0n) is 13.4. The Kier molecular flexibility index (Phi) is 4.06. The lowest BCUT2D eigenvalue weighted by Crippen LogP contribution is -2.31. The quantitative estimate of drug-likeness (QED) is 0.940. The first-order valence-corrected chi connectivity index (χ1v) is 8.31. The maximum absolute atomic E-state index is 12.3. The van der Waals surface area contributed by atoms with E-state index in [0.29, 0.717) is 12.3 Å². The van der Waals surface area contributed by atoms with E-state index < -0.39 is 0 Å². The molecule has 22 heavy (non-hydrogen) atoms. The zero-order valence-corrected chi connectivity index (χ0v) is 14.3. The van der Waals surface area contributed by atoms with Crippen molar-refractivity contribution >= 4 is 17.2 Å². The highest BCUT2D eigenvalue weighted by atomic mass is 32.1. The fourth-order valence-corrected chi connectivity index (χ4v) is 3.75. The summed E-state index contributed by atoms with van der Waals surface area (Å²) in [7, 11) is 3.96. The number of carbonyl (C=O) groups excluding carboxylic acids is 1. The Morgan fingerprint density at radius 2 is 2.14 bits per heavy atom. The molecule has 5 nitrogen and oxygen atoms in total. The Morgan fingerprint density at radius 3 is 2.86 bits per heavy atom. The van der Waals surface area contributed by atoms with Gasteiger partial charge >= 0.3 is 0 Å². The van der Waals surface area contributed by atoms with Crippen LogP contribution in [0.3, 0.4) is 0 Å². The number of likely N-dealkylation sites (N-methyl/N-ethyl adjacent to an activating group) is 1. The number of thiazole rings is 1. The summed E-state index contributed by atoms with van der Waals surface area (Å²) in [4.78, 5) is 20.3. The summed E-state index contributed by atoms with van der Waals surface area (Å²) in [6.07, 6.45) is 1.79. The summed E-state index contributed by atoms with van der Waals surface area (Å²) < 4.78 is 5.86. The molecule has 0 unspecified atom stereocenters. The van der Waals surface area contributed by atoms with Gasteiger partial charge in [-0.3, -0.25) is 4.79 Å². The number of fused-ring (bicyclic) bond motifs is 3. The SMILES string of the molecule is Cc1nc2c(s1)CCc1oc(C(=O)NCCN(C)C)c(C)c1-2. The third-order valence-corrected chi connectivity index (χ3v) is 4.92. The Labute approximate surface area is 134 Å². The molecule has 0 saturated carbocycles. The highest BCUT2D eigenvalue weighted by Crippen LogP contribution is 2.40. The zero-order chi connectivity index (χ0) is 15.9. The summed E-state index contributed by atoms with van der Waals surface area (Å²) in [5, 5.41) is 3.98. The lowest BCUT2D eigenvalue weighted by Gasteiger charge is -2.09. The number of aromatic nitrogens is 1. The van der Waals surface area contributed by atoms with Gasteiger partial charge in [0.15, 0.2) is 5.76 Å². The number of hydrogen-bond donors (Lipinski definition) is 1. The van der Waals surface area contributed by atoms with Gasteiger partial charge in [0.25, 0.3) is 5.91 Å². The Bertz CT molecular complexity index is 715. The van der Waals surface area contributed by atoms with Gasteiger partial charge < -0.3 is 14.6 Å². The number of hydrogen-bond acceptors (Lipinski definition) is 5. The smallest absolute Gasteiger partial charge is 0.287 e. The monoisotopic (exact) mass is 319 g/mol. The molecule has 1 amide bonds. The topological polar surface area (TPSA) is 58.4 Å². The van der Waals surface area contributed by atoms with Crippen molar-refractivity contribution in [3.63, 3.8) is 0 Å². The molecule has 118 valence electrons. The molecular formula is C16H21N3O2S. The number of amides is 1. The van der Waals surface area contributed by atoms with Crippen LogP contribution in [0.2, 0.25) is 0 Å². The van der Waals surface area contributed by atoms with E-state index in [0.717, 1.165) is 47.0 Å². The molecule has 0 spiro atoms. The number of carbonyl (C=O) groups is 1. The minimum atomic E-state index is -0.137. The van der Waals surface area contributed by atoms with Crippen molar-refractivity contribution in [2.75, 3.05) is 27.2 Å². The second-order valence-corrected chi connectivity index (χ2v) is 7.21. The van der Waals surface area contributed by atoms with E-state index in [-0.39, 0.29) is 5.91 Å². The minimum absolute atomic E-state index is 0.137.